The van der Waals surface area contributed by atoms with E-state index in [9.17, 15) is 4.79 Å². The molecule has 2 aromatic heterocycles. The average molecular weight is 281 g/mol. The zero-order valence-electron chi connectivity index (χ0n) is 11.7. The summed E-state index contributed by atoms with van der Waals surface area (Å²) in [5, 5.41) is 3.09. The van der Waals surface area contributed by atoms with Gasteiger partial charge in [0.25, 0.3) is 5.56 Å². The van der Waals surface area contributed by atoms with Crippen molar-refractivity contribution >= 4 is 16.9 Å². The Morgan fingerprint density at radius 3 is 2.71 bits per heavy atom. The van der Waals surface area contributed by atoms with Gasteiger partial charge >= 0.3 is 0 Å². The normalized spacial score (nSPS) is 10.7. The topological polar surface area (TPSA) is 72.7 Å². The molecule has 0 radical (unpaired) electrons. The third-order valence-electron chi connectivity index (χ3n) is 3.14. The Bertz CT molecular complexity index is 810. The molecule has 1 aromatic carbocycles. The van der Waals surface area contributed by atoms with Crippen LogP contribution in [0.15, 0.2) is 47.7 Å². The molecule has 2 heterocycles. The average Bonchev–Trinajstić information content (AvgIpc) is 2.52. The van der Waals surface area contributed by atoms with E-state index in [4.69, 9.17) is 0 Å². The Morgan fingerprint density at radius 1 is 1.10 bits per heavy atom. The molecule has 0 spiro atoms. The molecule has 3 rings (SSSR count). The van der Waals surface area contributed by atoms with Gasteiger partial charge in [0.05, 0.1) is 41.9 Å². The summed E-state index contributed by atoms with van der Waals surface area (Å²) < 4.78 is 1.65. The van der Waals surface area contributed by atoms with Crippen LogP contribution in [-0.4, -0.2) is 26.1 Å². The summed E-state index contributed by atoms with van der Waals surface area (Å²) in [6.45, 7) is 3.17. The number of nitrogens with zero attached hydrogens (tertiary/aromatic N) is 4. The number of fused-ring (bicyclic) bond motifs is 1. The maximum Gasteiger partial charge on any atom is 0.269 e. The number of nitrogens with one attached hydrogen (secondary N) is 1. The second-order valence-electron chi connectivity index (χ2n) is 4.59. The highest BCUT2D eigenvalue weighted by Gasteiger charge is 2.05. The lowest BCUT2D eigenvalue weighted by Crippen LogP contribution is -2.21. The molecule has 21 heavy (non-hydrogen) atoms. The minimum atomic E-state index is -0.147. The fraction of sp³-hybridized carbons (Fsp3) is 0.200. The van der Waals surface area contributed by atoms with Crippen LogP contribution in [0.2, 0.25) is 0 Å². The zero-order valence-corrected chi connectivity index (χ0v) is 11.7. The number of hydrogen-bond acceptors (Lipinski definition) is 5. The van der Waals surface area contributed by atoms with Gasteiger partial charge in [-0.15, -0.1) is 0 Å². The largest absolute Gasteiger partial charge is 0.369 e. The second kappa shape index (κ2) is 5.70. The van der Waals surface area contributed by atoms with Crippen molar-refractivity contribution in [1.82, 2.24) is 19.5 Å². The Hall–Kier alpha value is -2.76. The number of benzene rings is 1. The lowest BCUT2D eigenvalue weighted by Gasteiger charge is -2.09. The van der Waals surface area contributed by atoms with Crippen molar-refractivity contribution in [3.8, 4) is 0 Å². The number of aromatic nitrogens is 4. The number of para-hydroxylation sites is 2. The predicted octanol–water partition coefficient (Wildman–Crippen LogP) is 1.67. The number of rotatable bonds is 4. The van der Waals surface area contributed by atoms with Gasteiger partial charge in [-0.25, -0.2) is 9.97 Å². The van der Waals surface area contributed by atoms with Crippen LogP contribution < -0.4 is 10.9 Å². The molecule has 6 heteroatoms. The highest BCUT2D eigenvalue weighted by atomic mass is 16.1. The highest BCUT2D eigenvalue weighted by molar-refractivity contribution is 5.74. The standard InChI is InChI=1S/C15H15N5O/c1-2-16-14-8-17-11(7-19-14)10-20-13-6-4-3-5-12(13)18-9-15(20)21/h3-9H,2,10H2,1H3,(H,16,19). The maximum atomic E-state index is 12.0. The molecule has 106 valence electrons. The molecule has 0 bridgehead atoms. The molecule has 0 saturated heterocycles. The van der Waals surface area contributed by atoms with Gasteiger partial charge in [0, 0.05) is 6.54 Å². The number of hydrogen-bond donors (Lipinski definition) is 1. The molecule has 0 unspecified atom stereocenters. The summed E-state index contributed by atoms with van der Waals surface area (Å²) >= 11 is 0. The molecule has 6 nitrogen and oxygen atoms in total. The predicted molar refractivity (Wildman–Crippen MR) is 81.3 cm³/mol. The minimum Gasteiger partial charge on any atom is -0.369 e. The molecule has 0 atom stereocenters. The summed E-state index contributed by atoms with van der Waals surface area (Å²) in [5.41, 5.74) is 2.17. The van der Waals surface area contributed by atoms with Crippen molar-refractivity contribution in [3.05, 3.63) is 58.9 Å². The third kappa shape index (κ3) is 2.74. The van der Waals surface area contributed by atoms with Crippen LogP contribution in [0.4, 0.5) is 5.82 Å². The second-order valence-corrected chi connectivity index (χ2v) is 4.59. The Morgan fingerprint density at radius 2 is 1.95 bits per heavy atom. The van der Waals surface area contributed by atoms with Crippen molar-refractivity contribution in [2.24, 2.45) is 0 Å². The molecule has 0 aliphatic carbocycles. The molecule has 0 aliphatic rings. The van der Waals surface area contributed by atoms with Gasteiger partial charge in [0.15, 0.2) is 0 Å². The molecular formula is C15H15N5O. The van der Waals surface area contributed by atoms with E-state index in [2.05, 4.69) is 20.3 Å². The van der Waals surface area contributed by atoms with Gasteiger partial charge in [-0.1, -0.05) is 12.1 Å². The first-order valence-corrected chi connectivity index (χ1v) is 6.77. The highest BCUT2D eigenvalue weighted by Crippen LogP contribution is 2.10. The Kier molecular flexibility index (Phi) is 3.59. The molecule has 0 aliphatic heterocycles. The van der Waals surface area contributed by atoms with E-state index >= 15 is 0 Å². The van der Waals surface area contributed by atoms with Gasteiger partial charge in [0.1, 0.15) is 5.82 Å². The Balaban J connectivity index is 1.97. The number of anilines is 1. The van der Waals surface area contributed by atoms with E-state index in [-0.39, 0.29) is 5.56 Å². The van der Waals surface area contributed by atoms with E-state index < -0.39 is 0 Å². The van der Waals surface area contributed by atoms with Gasteiger partial charge < -0.3 is 5.32 Å². The van der Waals surface area contributed by atoms with Crippen molar-refractivity contribution in [1.29, 1.82) is 0 Å². The summed E-state index contributed by atoms with van der Waals surface area (Å²) in [7, 11) is 0. The fourth-order valence-electron chi connectivity index (χ4n) is 2.15. The first-order valence-electron chi connectivity index (χ1n) is 6.77. The lowest BCUT2D eigenvalue weighted by atomic mass is 10.3. The van der Waals surface area contributed by atoms with E-state index in [1.807, 2.05) is 31.2 Å². The third-order valence-corrected chi connectivity index (χ3v) is 3.14. The van der Waals surface area contributed by atoms with E-state index in [1.54, 1.807) is 17.0 Å². The quantitative estimate of drug-likeness (QED) is 0.787. The van der Waals surface area contributed by atoms with Crippen LogP contribution >= 0.6 is 0 Å². The molecule has 3 aromatic rings. The van der Waals surface area contributed by atoms with Crippen molar-refractivity contribution in [3.63, 3.8) is 0 Å². The van der Waals surface area contributed by atoms with Crippen LogP contribution in [0.1, 0.15) is 12.6 Å². The maximum absolute atomic E-state index is 12.0. The fourth-order valence-corrected chi connectivity index (χ4v) is 2.15. The summed E-state index contributed by atoms with van der Waals surface area (Å²) in [4.78, 5) is 24.8. The molecule has 0 saturated carbocycles. The van der Waals surface area contributed by atoms with E-state index in [1.165, 1.54) is 6.20 Å². The summed E-state index contributed by atoms with van der Waals surface area (Å²) in [6, 6.07) is 7.55. The van der Waals surface area contributed by atoms with E-state index in [0.717, 1.165) is 29.1 Å². The summed E-state index contributed by atoms with van der Waals surface area (Å²) in [6.07, 6.45) is 4.69. The van der Waals surface area contributed by atoms with Crippen LogP contribution in [0.25, 0.3) is 11.0 Å². The monoisotopic (exact) mass is 281 g/mol. The van der Waals surface area contributed by atoms with Crippen LogP contribution in [-0.2, 0) is 6.54 Å². The molecular weight excluding hydrogens is 266 g/mol. The first-order chi connectivity index (χ1) is 10.3. The minimum absolute atomic E-state index is 0.147. The zero-order chi connectivity index (χ0) is 14.7. The van der Waals surface area contributed by atoms with E-state index in [0.29, 0.717) is 6.54 Å². The van der Waals surface area contributed by atoms with Gasteiger partial charge in [-0.3, -0.25) is 14.3 Å². The SMILES string of the molecule is CCNc1cnc(Cn2c(=O)cnc3ccccc32)cn1. The van der Waals surface area contributed by atoms with Crippen molar-refractivity contribution < 1.29 is 0 Å². The van der Waals surface area contributed by atoms with Crippen molar-refractivity contribution in [2.45, 2.75) is 13.5 Å². The van der Waals surface area contributed by atoms with Crippen LogP contribution in [0.5, 0.6) is 0 Å². The van der Waals surface area contributed by atoms with Crippen LogP contribution in [0.3, 0.4) is 0 Å². The van der Waals surface area contributed by atoms with Crippen molar-refractivity contribution in [2.75, 3.05) is 11.9 Å². The molecule has 0 amide bonds. The molecule has 0 fully saturated rings. The van der Waals surface area contributed by atoms with Gasteiger partial charge in [-0.05, 0) is 19.1 Å². The van der Waals surface area contributed by atoms with Gasteiger partial charge in [0.2, 0.25) is 0 Å². The van der Waals surface area contributed by atoms with Gasteiger partial charge in [-0.2, -0.15) is 0 Å². The smallest absolute Gasteiger partial charge is 0.269 e. The Labute approximate surface area is 121 Å². The molecule has 1 N–H and O–H groups in total. The summed E-state index contributed by atoms with van der Waals surface area (Å²) in [5.74, 6) is 0.730. The lowest BCUT2D eigenvalue weighted by molar-refractivity contribution is 0.759. The first kappa shape index (κ1) is 13.2. The van der Waals surface area contributed by atoms with Crippen LogP contribution in [0, 0.1) is 0 Å².